The maximum Gasteiger partial charge on any atom is 0.272 e. The highest BCUT2D eigenvalue weighted by Crippen LogP contribution is 2.13. The highest BCUT2D eigenvalue weighted by molar-refractivity contribution is 5.92. The maximum atomic E-state index is 12.8. The average Bonchev–Trinajstić information content (AvgIpc) is 2.58. The fourth-order valence-electron chi connectivity index (χ4n) is 1.85. The summed E-state index contributed by atoms with van der Waals surface area (Å²) in [6, 6.07) is 9.39. The Bertz CT molecular complexity index is 681. The van der Waals surface area contributed by atoms with Crippen molar-refractivity contribution < 1.29 is 27.8 Å². The molecular formula is C16H15F3N2O3. The zero-order chi connectivity index (χ0) is 17.5. The zero-order valence-corrected chi connectivity index (χ0v) is 12.5. The van der Waals surface area contributed by atoms with E-state index in [1.54, 1.807) is 0 Å². The third-order valence-corrected chi connectivity index (χ3v) is 3.02. The summed E-state index contributed by atoms with van der Waals surface area (Å²) < 4.78 is 41.7. The molecule has 1 amide bonds. The van der Waals surface area contributed by atoms with E-state index in [0.29, 0.717) is 5.56 Å². The van der Waals surface area contributed by atoms with Crippen molar-refractivity contribution in [2.75, 3.05) is 13.2 Å². The quantitative estimate of drug-likeness (QED) is 0.811. The minimum absolute atomic E-state index is 0.0342. The van der Waals surface area contributed by atoms with Gasteiger partial charge in [0, 0.05) is 12.6 Å². The average molecular weight is 340 g/mol. The van der Waals surface area contributed by atoms with Gasteiger partial charge in [0.15, 0.2) is 6.61 Å². The smallest absolute Gasteiger partial charge is 0.272 e. The van der Waals surface area contributed by atoms with Crippen LogP contribution in [0.2, 0.25) is 0 Å². The topological polar surface area (TPSA) is 71.5 Å². The van der Waals surface area contributed by atoms with Crippen molar-refractivity contribution in [3.63, 3.8) is 0 Å². The lowest BCUT2D eigenvalue weighted by Gasteiger charge is -2.12. The largest absolute Gasteiger partial charge is 0.472 e. The van der Waals surface area contributed by atoms with Crippen LogP contribution >= 0.6 is 0 Å². The van der Waals surface area contributed by atoms with Gasteiger partial charge in [-0.1, -0.05) is 18.2 Å². The molecule has 0 radical (unpaired) electrons. The van der Waals surface area contributed by atoms with E-state index in [0.717, 1.165) is 0 Å². The van der Waals surface area contributed by atoms with Crippen LogP contribution in [0.15, 0.2) is 42.5 Å². The molecule has 128 valence electrons. The zero-order valence-electron chi connectivity index (χ0n) is 12.5. The van der Waals surface area contributed by atoms with Gasteiger partial charge in [-0.05, 0) is 23.8 Å². The molecule has 0 saturated heterocycles. The SMILES string of the molecule is O=C(NCC(O)c1ccc(F)cc1)c1cccc(OCC(F)F)n1. The Morgan fingerprint density at radius 2 is 1.92 bits per heavy atom. The number of aromatic nitrogens is 1. The molecule has 1 aromatic carbocycles. The third-order valence-electron chi connectivity index (χ3n) is 3.02. The first-order chi connectivity index (χ1) is 11.5. The summed E-state index contributed by atoms with van der Waals surface area (Å²) in [5, 5.41) is 12.4. The molecular weight excluding hydrogens is 325 g/mol. The number of rotatable bonds is 7. The van der Waals surface area contributed by atoms with E-state index in [9.17, 15) is 23.1 Å². The van der Waals surface area contributed by atoms with Crippen LogP contribution in [-0.4, -0.2) is 35.6 Å². The highest BCUT2D eigenvalue weighted by Gasteiger charge is 2.13. The molecule has 24 heavy (non-hydrogen) atoms. The predicted molar refractivity (Wildman–Crippen MR) is 79.4 cm³/mol. The summed E-state index contributed by atoms with van der Waals surface area (Å²) in [6.07, 6.45) is -3.66. The first-order valence-electron chi connectivity index (χ1n) is 7.05. The van der Waals surface area contributed by atoms with Gasteiger partial charge >= 0.3 is 0 Å². The molecule has 1 aromatic heterocycles. The summed E-state index contributed by atoms with van der Waals surface area (Å²) in [7, 11) is 0. The van der Waals surface area contributed by atoms with Gasteiger partial charge in [-0.3, -0.25) is 4.79 Å². The van der Waals surface area contributed by atoms with Crippen LogP contribution in [0.5, 0.6) is 5.88 Å². The van der Waals surface area contributed by atoms with Crippen molar-refractivity contribution in [1.82, 2.24) is 10.3 Å². The van der Waals surface area contributed by atoms with Gasteiger partial charge < -0.3 is 15.2 Å². The molecule has 1 heterocycles. The van der Waals surface area contributed by atoms with Crippen molar-refractivity contribution in [2.24, 2.45) is 0 Å². The van der Waals surface area contributed by atoms with Crippen molar-refractivity contribution >= 4 is 5.91 Å². The van der Waals surface area contributed by atoms with Crippen LogP contribution in [0.4, 0.5) is 13.2 Å². The van der Waals surface area contributed by atoms with Gasteiger partial charge in [-0.25, -0.2) is 18.2 Å². The van der Waals surface area contributed by atoms with Crippen LogP contribution < -0.4 is 10.1 Å². The summed E-state index contributed by atoms with van der Waals surface area (Å²) >= 11 is 0. The molecule has 5 nitrogen and oxygen atoms in total. The van der Waals surface area contributed by atoms with Gasteiger partial charge in [-0.15, -0.1) is 0 Å². The first kappa shape index (κ1) is 17.7. The van der Waals surface area contributed by atoms with E-state index in [1.165, 1.54) is 42.5 Å². The number of carbonyl (C=O) groups excluding carboxylic acids is 1. The van der Waals surface area contributed by atoms with Crippen LogP contribution in [0.1, 0.15) is 22.2 Å². The van der Waals surface area contributed by atoms with Gasteiger partial charge in [0.1, 0.15) is 11.5 Å². The van der Waals surface area contributed by atoms with Crippen LogP contribution in [0.25, 0.3) is 0 Å². The molecule has 8 heteroatoms. The number of hydrogen-bond donors (Lipinski definition) is 2. The van der Waals surface area contributed by atoms with Crippen LogP contribution in [-0.2, 0) is 0 Å². The second-order valence-corrected chi connectivity index (χ2v) is 4.84. The molecule has 1 unspecified atom stereocenters. The van der Waals surface area contributed by atoms with E-state index < -0.39 is 30.9 Å². The van der Waals surface area contributed by atoms with Crippen molar-refractivity contribution in [3.05, 3.63) is 59.5 Å². The Balaban J connectivity index is 1.92. The van der Waals surface area contributed by atoms with Gasteiger partial charge in [0.2, 0.25) is 5.88 Å². The number of carbonyl (C=O) groups is 1. The van der Waals surface area contributed by atoms with E-state index in [1.807, 2.05) is 0 Å². The van der Waals surface area contributed by atoms with Gasteiger partial charge in [0.05, 0.1) is 6.10 Å². The van der Waals surface area contributed by atoms with Crippen LogP contribution in [0.3, 0.4) is 0 Å². The Hall–Kier alpha value is -2.61. The summed E-state index contributed by atoms with van der Waals surface area (Å²) in [5.41, 5.74) is 0.409. The number of amides is 1. The number of aliphatic hydroxyl groups is 1. The number of ether oxygens (including phenoxy) is 1. The molecule has 0 fully saturated rings. The molecule has 2 rings (SSSR count). The number of halogens is 3. The second kappa shape index (κ2) is 8.30. The lowest BCUT2D eigenvalue weighted by atomic mass is 10.1. The van der Waals surface area contributed by atoms with Gasteiger partial charge in [-0.2, -0.15) is 0 Å². The molecule has 0 aliphatic carbocycles. The first-order valence-corrected chi connectivity index (χ1v) is 7.05. The van der Waals surface area contributed by atoms with Crippen molar-refractivity contribution in [1.29, 1.82) is 0 Å². The van der Waals surface area contributed by atoms with E-state index in [-0.39, 0.29) is 18.1 Å². The number of pyridine rings is 1. The normalized spacial score (nSPS) is 12.0. The number of hydrogen-bond acceptors (Lipinski definition) is 4. The molecule has 0 spiro atoms. The minimum atomic E-state index is -2.64. The Labute approximate surface area is 136 Å². The second-order valence-electron chi connectivity index (χ2n) is 4.84. The third kappa shape index (κ3) is 5.24. The Morgan fingerprint density at radius 3 is 2.58 bits per heavy atom. The molecule has 1 atom stereocenters. The Morgan fingerprint density at radius 1 is 1.21 bits per heavy atom. The van der Waals surface area contributed by atoms with E-state index in [4.69, 9.17) is 4.74 Å². The summed E-state index contributed by atoms with van der Waals surface area (Å²) in [5.74, 6) is -1.12. The van der Waals surface area contributed by atoms with Gasteiger partial charge in [0.25, 0.3) is 12.3 Å². The number of nitrogens with zero attached hydrogens (tertiary/aromatic N) is 1. The van der Waals surface area contributed by atoms with E-state index >= 15 is 0 Å². The number of benzene rings is 1. The highest BCUT2D eigenvalue weighted by atomic mass is 19.3. The maximum absolute atomic E-state index is 12.8. The number of nitrogens with one attached hydrogen (secondary N) is 1. The van der Waals surface area contributed by atoms with E-state index in [2.05, 4.69) is 10.3 Å². The van der Waals surface area contributed by atoms with Crippen molar-refractivity contribution in [3.8, 4) is 5.88 Å². The molecule has 0 saturated carbocycles. The lowest BCUT2D eigenvalue weighted by Crippen LogP contribution is -2.29. The standard InChI is InChI=1S/C16H15F3N2O3/c17-11-6-4-10(5-7-11)13(22)8-20-16(23)12-2-1-3-15(21-12)24-9-14(18)19/h1-7,13-14,22H,8-9H2,(H,20,23). The Kier molecular flexibility index (Phi) is 6.14. The summed E-state index contributed by atoms with van der Waals surface area (Å²) in [6.45, 7) is -0.935. The molecule has 0 aliphatic heterocycles. The number of alkyl halides is 2. The fraction of sp³-hybridized carbons (Fsp3) is 0.250. The summed E-state index contributed by atoms with van der Waals surface area (Å²) in [4.78, 5) is 15.8. The monoisotopic (exact) mass is 340 g/mol. The molecule has 0 bridgehead atoms. The molecule has 2 N–H and O–H groups in total. The minimum Gasteiger partial charge on any atom is -0.472 e. The van der Waals surface area contributed by atoms with Crippen molar-refractivity contribution in [2.45, 2.75) is 12.5 Å². The predicted octanol–water partition coefficient (Wildman–Crippen LogP) is 2.33. The van der Waals surface area contributed by atoms with Crippen LogP contribution in [0, 0.1) is 5.82 Å². The molecule has 0 aliphatic rings. The fourth-order valence-corrected chi connectivity index (χ4v) is 1.85. The number of aliphatic hydroxyl groups excluding tert-OH is 1. The lowest BCUT2D eigenvalue weighted by molar-refractivity contribution is 0.0791. The molecule has 2 aromatic rings.